The normalized spacial score (nSPS) is 20.8. The van der Waals surface area contributed by atoms with E-state index in [1.54, 1.807) is 18.3 Å². The Morgan fingerprint density at radius 1 is 1.29 bits per heavy atom. The van der Waals surface area contributed by atoms with E-state index < -0.39 is 17.0 Å². The lowest BCUT2D eigenvalue weighted by Crippen LogP contribution is -2.41. The lowest BCUT2D eigenvalue weighted by Gasteiger charge is -2.35. The molecule has 0 bridgehead atoms. The average molecular weight is 475 g/mol. The van der Waals surface area contributed by atoms with Gasteiger partial charge in [-0.05, 0) is 73.6 Å². The van der Waals surface area contributed by atoms with Crippen molar-refractivity contribution in [3.63, 3.8) is 0 Å². The Balaban J connectivity index is 1.82. The van der Waals surface area contributed by atoms with Crippen LogP contribution in [0.2, 0.25) is 0 Å². The molecule has 0 unspecified atom stereocenters. The van der Waals surface area contributed by atoms with Gasteiger partial charge < -0.3 is 14.8 Å². The van der Waals surface area contributed by atoms with Gasteiger partial charge in [0.25, 0.3) is 0 Å². The Bertz CT molecular complexity index is 1470. The number of aromatic amines is 1. The molecule has 0 aliphatic heterocycles. The maximum absolute atomic E-state index is 13.8. The Morgan fingerprint density at radius 3 is 2.60 bits per heavy atom. The monoisotopic (exact) mass is 474 g/mol. The third-order valence-electron chi connectivity index (χ3n) is 7.43. The summed E-state index contributed by atoms with van der Waals surface area (Å²) in [7, 11) is 0. The first-order chi connectivity index (χ1) is 16.6. The van der Waals surface area contributed by atoms with Gasteiger partial charge >= 0.3 is 5.97 Å². The number of hydrogen-bond acceptors (Lipinski definition) is 4. The van der Waals surface area contributed by atoms with Crippen LogP contribution in [-0.4, -0.2) is 36.5 Å². The van der Waals surface area contributed by atoms with E-state index in [0.29, 0.717) is 12.8 Å². The van der Waals surface area contributed by atoms with Gasteiger partial charge in [0.2, 0.25) is 0 Å². The summed E-state index contributed by atoms with van der Waals surface area (Å²) in [5.74, 6) is -1.53. The van der Waals surface area contributed by atoms with E-state index in [0.717, 1.165) is 38.8 Å². The van der Waals surface area contributed by atoms with Crippen molar-refractivity contribution in [2.24, 2.45) is 0 Å². The second-order valence-electron chi connectivity index (χ2n) is 10.2. The summed E-state index contributed by atoms with van der Waals surface area (Å²) in [6.07, 6.45) is 3.33. The summed E-state index contributed by atoms with van der Waals surface area (Å²) < 4.78 is 15.9. The van der Waals surface area contributed by atoms with E-state index in [-0.39, 0.29) is 31.0 Å². The molecule has 1 fully saturated rings. The molecule has 0 amide bonds. The fraction of sp³-hybridized carbons (Fsp3) is 0.370. The second kappa shape index (κ2) is 8.21. The van der Waals surface area contributed by atoms with E-state index >= 15 is 0 Å². The molecule has 0 saturated heterocycles. The van der Waals surface area contributed by atoms with Crippen LogP contribution in [0.5, 0.6) is 0 Å². The zero-order valence-corrected chi connectivity index (χ0v) is 19.7. The number of aliphatic carboxylic acids is 1. The van der Waals surface area contributed by atoms with Crippen molar-refractivity contribution in [3.8, 4) is 11.8 Å². The standard InChI is InChI=1S/C27H27FN4O3/c1-26(2,11-12-29)24-23(16-7-9-27(35,10-8-16)25(33)34)20-14-21-17(15-30-31-21)13-22(20)32(24)19-5-3-18(28)4-6-19/h3-6,13-16,35H,7-11H2,1-2H3,(H,30,31)(H,33,34). The van der Waals surface area contributed by atoms with Crippen LogP contribution < -0.4 is 0 Å². The van der Waals surface area contributed by atoms with Crippen molar-refractivity contribution < 1.29 is 19.4 Å². The van der Waals surface area contributed by atoms with E-state index in [2.05, 4.69) is 26.9 Å². The molecule has 2 aromatic heterocycles. The van der Waals surface area contributed by atoms with Gasteiger partial charge in [-0.2, -0.15) is 10.4 Å². The van der Waals surface area contributed by atoms with Gasteiger partial charge in [-0.15, -0.1) is 0 Å². The molecule has 4 aromatic rings. The number of carboxylic acid groups (broad SMARTS) is 1. The lowest BCUT2D eigenvalue weighted by atomic mass is 9.72. The van der Waals surface area contributed by atoms with E-state index in [4.69, 9.17) is 0 Å². The summed E-state index contributed by atoms with van der Waals surface area (Å²) in [5.41, 5.74) is 2.30. The first kappa shape index (κ1) is 23.1. The van der Waals surface area contributed by atoms with Crippen molar-refractivity contribution in [1.29, 1.82) is 5.26 Å². The Morgan fingerprint density at radius 2 is 1.97 bits per heavy atom. The number of fused-ring (bicyclic) bond motifs is 2. The summed E-state index contributed by atoms with van der Waals surface area (Å²) in [5, 5.41) is 38.9. The largest absolute Gasteiger partial charge is 0.479 e. The molecule has 180 valence electrons. The smallest absolute Gasteiger partial charge is 0.335 e. The van der Waals surface area contributed by atoms with Crippen LogP contribution in [0, 0.1) is 17.1 Å². The van der Waals surface area contributed by atoms with Crippen LogP contribution >= 0.6 is 0 Å². The molecule has 5 rings (SSSR count). The molecule has 1 aliphatic rings. The van der Waals surface area contributed by atoms with Crippen LogP contribution in [0.3, 0.4) is 0 Å². The Hall–Kier alpha value is -3.70. The maximum atomic E-state index is 13.8. The molecular weight excluding hydrogens is 447 g/mol. The number of rotatable bonds is 5. The van der Waals surface area contributed by atoms with Crippen LogP contribution in [-0.2, 0) is 10.2 Å². The van der Waals surface area contributed by atoms with Gasteiger partial charge in [-0.3, -0.25) is 5.10 Å². The number of carboxylic acids is 1. The molecule has 0 radical (unpaired) electrons. The molecule has 1 saturated carbocycles. The number of aromatic nitrogens is 3. The maximum Gasteiger partial charge on any atom is 0.335 e. The summed E-state index contributed by atoms with van der Waals surface area (Å²) in [4.78, 5) is 11.6. The van der Waals surface area contributed by atoms with Gasteiger partial charge in [0.1, 0.15) is 5.82 Å². The van der Waals surface area contributed by atoms with Crippen molar-refractivity contribution in [2.45, 2.75) is 62.9 Å². The minimum absolute atomic E-state index is 0.00726. The fourth-order valence-corrected chi connectivity index (χ4v) is 5.57. The topological polar surface area (TPSA) is 115 Å². The first-order valence-corrected chi connectivity index (χ1v) is 11.8. The molecule has 3 N–H and O–H groups in total. The average Bonchev–Trinajstić information content (AvgIpc) is 3.41. The molecular formula is C27H27FN4O3. The number of nitriles is 1. The van der Waals surface area contributed by atoms with Crippen molar-refractivity contribution >= 4 is 27.8 Å². The third kappa shape index (κ3) is 3.76. The first-order valence-electron chi connectivity index (χ1n) is 11.8. The highest BCUT2D eigenvalue weighted by Gasteiger charge is 2.43. The SMILES string of the molecule is CC(C)(CC#N)c1c(C2CCC(O)(C(=O)O)CC2)c2cc3[nH]ncc3cc2n1-c1ccc(F)cc1. The van der Waals surface area contributed by atoms with Crippen LogP contribution in [0.1, 0.15) is 63.1 Å². The number of nitrogens with zero attached hydrogens (tertiary/aromatic N) is 3. The number of carbonyl (C=O) groups is 1. The highest BCUT2D eigenvalue weighted by molar-refractivity contribution is 5.99. The van der Waals surface area contributed by atoms with E-state index in [1.807, 2.05) is 19.9 Å². The van der Waals surface area contributed by atoms with Gasteiger partial charge in [-0.25, -0.2) is 9.18 Å². The van der Waals surface area contributed by atoms with Gasteiger partial charge in [0.05, 0.1) is 23.3 Å². The predicted molar refractivity (Wildman–Crippen MR) is 130 cm³/mol. The van der Waals surface area contributed by atoms with Crippen LogP contribution in [0.4, 0.5) is 4.39 Å². The quantitative estimate of drug-likeness (QED) is 0.363. The summed E-state index contributed by atoms with van der Waals surface area (Å²) in [6.45, 7) is 4.05. The molecule has 2 heterocycles. The number of H-pyrrole nitrogens is 1. The molecule has 7 nitrogen and oxygen atoms in total. The molecule has 2 aromatic carbocycles. The molecule has 0 spiro atoms. The summed E-state index contributed by atoms with van der Waals surface area (Å²) >= 11 is 0. The molecule has 35 heavy (non-hydrogen) atoms. The van der Waals surface area contributed by atoms with Crippen LogP contribution in [0.25, 0.3) is 27.5 Å². The minimum Gasteiger partial charge on any atom is -0.479 e. The highest BCUT2D eigenvalue weighted by atomic mass is 19.1. The van der Waals surface area contributed by atoms with E-state index in [1.165, 1.54) is 12.1 Å². The highest BCUT2D eigenvalue weighted by Crippen LogP contribution is 2.48. The minimum atomic E-state index is -1.72. The molecule has 1 aliphatic carbocycles. The van der Waals surface area contributed by atoms with Gasteiger partial charge in [0.15, 0.2) is 5.60 Å². The Labute approximate surface area is 201 Å². The lowest BCUT2D eigenvalue weighted by molar-refractivity contribution is -0.162. The zero-order chi connectivity index (χ0) is 25.0. The van der Waals surface area contributed by atoms with Gasteiger partial charge in [0, 0.05) is 34.0 Å². The summed E-state index contributed by atoms with van der Waals surface area (Å²) in [6, 6.07) is 12.7. The second-order valence-corrected chi connectivity index (χ2v) is 10.2. The number of halogens is 1. The Kier molecular flexibility index (Phi) is 5.41. The third-order valence-corrected chi connectivity index (χ3v) is 7.43. The number of benzene rings is 2. The molecule has 0 atom stereocenters. The van der Waals surface area contributed by atoms with Crippen molar-refractivity contribution in [3.05, 3.63) is 59.7 Å². The van der Waals surface area contributed by atoms with Gasteiger partial charge in [-0.1, -0.05) is 13.8 Å². The predicted octanol–water partition coefficient (Wildman–Crippen LogP) is 5.31. The van der Waals surface area contributed by atoms with Crippen LogP contribution in [0.15, 0.2) is 42.6 Å². The number of aliphatic hydroxyl groups is 1. The number of nitrogens with one attached hydrogen (secondary N) is 1. The van der Waals surface area contributed by atoms with E-state index in [9.17, 15) is 24.7 Å². The van der Waals surface area contributed by atoms with Crippen molar-refractivity contribution in [1.82, 2.24) is 14.8 Å². The molecule has 8 heteroatoms. The zero-order valence-electron chi connectivity index (χ0n) is 19.7. The fourth-order valence-electron chi connectivity index (χ4n) is 5.57. The van der Waals surface area contributed by atoms with Crippen molar-refractivity contribution in [2.75, 3.05) is 0 Å². The number of hydrogen-bond donors (Lipinski definition) is 3.